The predicted molar refractivity (Wildman–Crippen MR) is 170 cm³/mol. The van der Waals surface area contributed by atoms with E-state index >= 15 is 0 Å². The second kappa shape index (κ2) is 28.4. The van der Waals surface area contributed by atoms with Crippen LogP contribution in [0.5, 0.6) is 0 Å². The van der Waals surface area contributed by atoms with Gasteiger partial charge in [0.05, 0.1) is 0 Å². The van der Waals surface area contributed by atoms with Crippen LogP contribution in [0.3, 0.4) is 0 Å². The van der Waals surface area contributed by atoms with Gasteiger partial charge in [-0.25, -0.2) is 0 Å². The average Bonchev–Trinajstić information content (AvgIpc) is 2.85. The van der Waals surface area contributed by atoms with Crippen molar-refractivity contribution < 1.29 is 0 Å². The molecule has 0 saturated heterocycles. The van der Waals surface area contributed by atoms with Gasteiger partial charge in [0.2, 0.25) is 0 Å². The molecular weight excluding hydrogens is 446 g/mol. The molecule has 1 atom stereocenters. The summed E-state index contributed by atoms with van der Waals surface area (Å²) < 4.78 is 0. The molecule has 0 aliphatic carbocycles. The van der Waals surface area contributed by atoms with Crippen LogP contribution in [0.25, 0.3) is 0 Å². The Morgan fingerprint density at radius 3 is 0.912 bits per heavy atom. The minimum atomic E-state index is -1.05. The third kappa shape index (κ3) is 23.3. The summed E-state index contributed by atoms with van der Waals surface area (Å²) in [6.45, 7) is 8.34. The molecule has 0 N–H and O–H groups in total. The molecule has 208 valence electrons. The van der Waals surface area contributed by atoms with Crippen molar-refractivity contribution in [1.29, 1.82) is 0 Å². The van der Waals surface area contributed by atoms with E-state index < -0.39 is 6.95 Å². The minimum absolute atomic E-state index is 1.05. The van der Waals surface area contributed by atoms with Crippen LogP contribution < -0.4 is 0 Å². The van der Waals surface area contributed by atoms with E-state index in [1.54, 1.807) is 50.3 Å². The van der Waals surface area contributed by atoms with Gasteiger partial charge in [0.25, 0.3) is 0 Å². The maximum atomic E-state index is 2.35. The van der Waals surface area contributed by atoms with E-state index in [-0.39, 0.29) is 0 Å². The van der Waals surface area contributed by atoms with Crippen LogP contribution in [0.1, 0.15) is 182 Å². The summed E-state index contributed by atoms with van der Waals surface area (Å²) in [5.74, 6) is 0. The summed E-state index contributed by atoms with van der Waals surface area (Å²) in [7, 11) is 1.38. The summed E-state index contributed by atoms with van der Waals surface area (Å²) >= 11 is 0. The molecule has 0 aromatic rings. The van der Waals surface area contributed by atoms with Gasteiger partial charge in [-0.1, -0.05) is 0 Å². The van der Waals surface area contributed by atoms with Crippen LogP contribution >= 0.6 is 15.2 Å². The van der Waals surface area contributed by atoms with Crippen molar-refractivity contribution >= 4 is 15.2 Å². The molecule has 2 heteroatoms. The Hall–Kier alpha value is 0.860. The van der Waals surface area contributed by atoms with Crippen molar-refractivity contribution in [3.05, 3.63) is 0 Å². The third-order valence-corrected chi connectivity index (χ3v) is 18.6. The molecular formula is C32H70P2. The zero-order chi connectivity index (χ0) is 25.0. The second-order valence-electron chi connectivity index (χ2n) is 11.5. The summed E-state index contributed by atoms with van der Waals surface area (Å²) in [6.07, 6.45) is 42.4. The van der Waals surface area contributed by atoms with Gasteiger partial charge in [0, 0.05) is 0 Å². The average molecular weight is 517 g/mol. The van der Waals surface area contributed by atoms with Crippen LogP contribution in [-0.4, -0.2) is 24.6 Å². The topological polar surface area (TPSA) is 0 Å². The summed E-state index contributed by atoms with van der Waals surface area (Å²) in [5.41, 5.74) is 0. The summed E-state index contributed by atoms with van der Waals surface area (Å²) in [6, 6.07) is 0. The second-order valence-corrected chi connectivity index (χ2v) is 20.7. The molecule has 0 saturated carbocycles. The van der Waals surface area contributed by atoms with E-state index in [0.717, 1.165) is 0 Å². The summed E-state index contributed by atoms with van der Waals surface area (Å²) in [4.78, 5) is 0. The molecule has 0 nitrogen and oxygen atoms in total. The predicted octanol–water partition coefficient (Wildman–Crippen LogP) is 12.8. The van der Waals surface area contributed by atoms with E-state index in [4.69, 9.17) is 0 Å². The zero-order valence-electron chi connectivity index (χ0n) is 24.8. The van der Waals surface area contributed by atoms with Gasteiger partial charge in [-0.15, -0.1) is 0 Å². The Morgan fingerprint density at radius 1 is 0.324 bits per heavy atom. The van der Waals surface area contributed by atoms with Crippen LogP contribution in [0, 0.1) is 0 Å². The van der Waals surface area contributed by atoms with Crippen molar-refractivity contribution in [2.24, 2.45) is 0 Å². The number of unbranched alkanes of at least 4 members (excludes halogenated alkanes) is 20. The normalized spacial score (nSPS) is 12.8. The fraction of sp³-hybridized carbons (Fsp3) is 1.00. The molecule has 0 spiro atoms. The first-order chi connectivity index (χ1) is 16.7. The van der Waals surface area contributed by atoms with Crippen LogP contribution in [0.2, 0.25) is 0 Å². The first kappa shape index (κ1) is 34.9. The van der Waals surface area contributed by atoms with E-state index in [2.05, 4.69) is 27.7 Å². The van der Waals surface area contributed by atoms with Crippen molar-refractivity contribution in [3.63, 3.8) is 0 Å². The van der Waals surface area contributed by atoms with Gasteiger partial charge < -0.3 is 0 Å². The number of rotatable bonds is 29. The van der Waals surface area contributed by atoms with Crippen LogP contribution in [0.15, 0.2) is 0 Å². The number of hydrogen-bond donors (Lipinski definition) is 0. The van der Waals surface area contributed by atoms with Crippen molar-refractivity contribution in [3.8, 4) is 0 Å². The maximum absolute atomic E-state index is 2.35. The number of hydrogen-bond acceptors (Lipinski definition) is 0. The molecule has 34 heavy (non-hydrogen) atoms. The molecule has 0 radical (unpaired) electrons. The van der Waals surface area contributed by atoms with E-state index in [1.165, 1.54) is 137 Å². The molecule has 0 heterocycles. The Balaban J connectivity index is 4.74. The van der Waals surface area contributed by atoms with Gasteiger partial charge in [0.1, 0.15) is 0 Å². The molecule has 0 aromatic heterocycles. The van der Waals surface area contributed by atoms with Crippen molar-refractivity contribution in [1.82, 2.24) is 0 Å². The fourth-order valence-corrected chi connectivity index (χ4v) is 16.0. The molecule has 1 unspecified atom stereocenters. The van der Waals surface area contributed by atoms with Crippen LogP contribution in [-0.2, 0) is 0 Å². The zero-order valence-corrected chi connectivity index (χ0v) is 26.8. The van der Waals surface area contributed by atoms with Gasteiger partial charge in [-0.3, -0.25) is 0 Å². The van der Waals surface area contributed by atoms with Gasteiger partial charge in [0.15, 0.2) is 0 Å². The Morgan fingerprint density at radius 2 is 0.588 bits per heavy atom. The standard InChI is InChI=1S/C32H70P2/c1-5-9-13-17-21-25-29-33-34(30-26-22-18-14-10-6-2,31-27-23-19-15-11-7-3)32-28-24-20-16-12-8-4/h33-34H,5-32H2,1-4H3. The molecule has 0 aliphatic rings. The van der Waals surface area contributed by atoms with Gasteiger partial charge in [-0.2, -0.15) is 0 Å². The quantitative estimate of drug-likeness (QED) is 0.0685. The summed E-state index contributed by atoms with van der Waals surface area (Å²) in [5, 5.41) is 0. The fourth-order valence-electron chi connectivity index (χ4n) is 5.63. The SMILES string of the molecule is CCCCCCCCP[PH](CCCCCCCC)(CCCCCCCC)CCCCCCCC. The van der Waals surface area contributed by atoms with Gasteiger partial charge >= 0.3 is 222 Å². The molecule has 0 rings (SSSR count). The Kier molecular flexibility index (Phi) is 29.2. The van der Waals surface area contributed by atoms with E-state index in [9.17, 15) is 0 Å². The Bertz CT molecular complexity index is 327. The third-order valence-electron chi connectivity index (χ3n) is 8.06. The Labute approximate surface area is 221 Å². The monoisotopic (exact) mass is 516 g/mol. The molecule has 0 aromatic carbocycles. The van der Waals surface area contributed by atoms with E-state index in [0.29, 0.717) is 0 Å². The first-order valence-corrected chi connectivity index (χ1v) is 21.3. The van der Waals surface area contributed by atoms with Crippen molar-refractivity contribution in [2.45, 2.75) is 182 Å². The molecule has 0 fully saturated rings. The van der Waals surface area contributed by atoms with E-state index in [1.807, 2.05) is 0 Å². The van der Waals surface area contributed by atoms with Crippen molar-refractivity contribution in [2.75, 3.05) is 24.6 Å². The molecule has 0 bridgehead atoms. The molecule has 0 aliphatic heterocycles. The van der Waals surface area contributed by atoms with Crippen LogP contribution in [0.4, 0.5) is 0 Å². The molecule has 0 amide bonds. The first-order valence-electron chi connectivity index (χ1n) is 16.5. The van der Waals surface area contributed by atoms with Gasteiger partial charge in [-0.05, 0) is 0 Å².